The van der Waals surface area contributed by atoms with Crippen molar-refractivity contribution in [2.24, 2.45) is 32.5 Å². The number of carbonyl (C=O) groups excluding carboxylic acids is 2. The van der Waals surface area contributed by atoms with Gasteiger partial charge in [-0.15, -0.1) is 0 Å². The van der Waals surface area contributed by atoms with Crippen molar-refractivity contribution in [1.82, 2.24) is 0 Å². The van der Waals surface area contributed by atoms with Crippen LogP contribution in [-0.4, -0.2) is 48.5 Å². The summed E-state index contributed by atoms with van der Waals surface area (Å²) in [4.78, 5) is 27.6. The van der Waals surface area contributed by atoms with E-state index in [4.69, 9.17) is 9.47 Å². The third-order valence-electron chi connectivity index (χ3n) is 14.0. The summed E-state index contributed by atoms with van der Waals surface area (Å²) in [6.07, 6.45) is 3.07. The van der Waals surface area contributed by atoms with Gasteiger partial charge in [-0.3, -0.25) is 9.59 Å². The molecule has 0 unspecified atom stereocenters. The van der Waals surface area contributed by atoms with Crippen molar-refractivity contribution >= 4 is 23.2 Å². The molecule has 4 bridgehead atoms. The van der Waals surface area contributed by atoms with E-state index < -0.39 is 23.0 Å². The summed E-state index contributed by atoms with van der Waals surface area (Å²) in [6.45, 7) is 12.6. The van der Waals surface area contributed by atoms with Crippen LogP contribution in [0.25, 0.3) is 11.1 Å². The van der Waals surface area contributed by atoms with E-state index in [-0.39, 0.29) is 33.5 Å². The van der Waals surface area contributed by atoms with Gasteiger partial charge in [0.05, 0.1) is 48.6 Å². The van der Waals surface area contributed by atoms with Crippen molar-refractivity contribution in [2.75, 3.05) is 24.9 Å². The second-order valence-electron chi connectivity index (χ2n) is 15.4. The number of aliphatic hydroxyl groups excluding tert-OH is 2. The summed E-state index contributed by atoms with van der Waals surface area (Å²) >= 11 is 0. The Hall–Kier alpha value is -3.10. The average Bonchev–Trinajstić information content (AvgIpc) is 3.45. The molecule has 0 radical (unpaired) electrons. The largest absolute Gasteiger partial charge is 0.495 e. The monoisotopic (exact) mass is 604 g/mol. The summed E-state index contributed by atoms with van der Waals surface area (Å²) in [5, 5.41) is 28.0. The average molecular weight is 605 g/mol. The molecule has 4 aliphatic carbocycles. The lowest BCUT2D eigenvalue weighted by molar-refractivity contribution is -0.131. The summed E-state index contributed by atoms with van der Waals surface area (Å²) in [7, 11) is 3.16. The van der Waals surface area contributed by atoms with Crippen molar-refractivity contribution in [3.63, 3.8) is 0 Å². The van der Waals surface area contributed by atoms with Gasteiger partial charge < -0.3 is 30.3 Å². The van der Waals surface area contributed by atoms with Gasteiger partial charge in [0.2, 0.25) is 11.8 Å². The molecular weight excluding hydrogens is 556 g/mol. The lowest BCUT2D eigenvalue weighted by Gasteiger charge is -2.40. The second kappa shape index (κ2) is 9.70. The maximum Gasteiger partial charge on any atom is 0.231 e. The zero-order valence-corrected chi connectivity index (χ0v) is 27.4. The second-order valence-corrected chi connectivity index (χ2v) is 15.4. The standard InChI is InChI=1S/C36H48N2O6/c1-31(2)33(5)13-15-35(31,19-27(33)39)29(41)37-23-11-9-21(17-25(23)43-7)22-10-12-24(26(18-22)44-8)38-30(42)36-16-14-34(6,28(40)20-36)32(36,3)4/h9-12,17-18,27-28,39-40H,13-16,19-20H2,1-8H3,(H,37,41)(H,38,42)/t27-,28-,33+,34+,35-,36-/m1/s1. The van der Waals surface area contributed by atoms with E-state index in [0.717, 1.165) is 36.8 Å². The summed E-state index contributed by atoms with van der Waals surface area (Å²) in [5.74, 6) is 0.920. The van der Waals surface area contributed by atoms with Crippen LogP contribution in [0.1, 0.15) is 80.1 Å². The quantitative estimate of drug-likeness (QED) is 0.291. The van der Waals surface area contributed by atoms with Gasteiger partial charge in [-0.25, -0.2) is 0 Å². The predicted molar refractivity (Wildman–Crippen MR) is 171 cm³/mol. The Morgan fingerprint density at radius 2 is 1.02 bits per heavy atom. The molecule has 8 nitrogen and oxygen atoms in total. The smallest absolute Gasteiger partial charge is 0.231 e. The number of benzene rings is 2. The van der Waals surface area contributed by atoms with E-state index in [1.165, 1.54) is 0 Å². The van der Waals surface area contributed by atoms with Crippen molar-refractivity contribution < 1.29 is 29.3 Å². The fourth-order valence-electron chi connectivity index (χ4n) is 9.69. The molecule has 6 rings (SSSR count). The number of rotatable bonds is 7. The Bertz CT molecular complexity index is 1420. The number of hydrogen-bond donors (Lipinski definition) is 4. The lowest BCUT2D eigenvalue weighted by atomic mass is 9.64. The molecule has 4 fully saturated rings. The fraction of sp³-hybridized carbons (Fsp3) is 0.611. The van der Waals surface area contributed by atoms with E-state index in [2.05, 4.69) is 52.2 Å². The van der Waals surface area contributed by atoms with E-state index in [9.17, 15) is 19.8 Å². The first-order chi connectivity index (χ1) is 20.5. The van der Waals surface area contributed by atoms with E-state index >= 15 is 0 Å². The highest BCUT2D eigenvalue weighted by Crippen LogP contribution is 2.73. The molecule has 2 amide bonds. The Morgan fingerprint density at radius 1 is 0.659 bits per heavy atom. The van der Waals surface area contributed by atoms with Crippen LogP contribution < -0.4 is 20.1 Å². The van der Waals surface area contributed by atoms with Crippen LogP contribution in [0.3, 0.4) is 0 Å². The van der Waals surface area contributed by atoms with Crippen molar-refractivity contribution in [3.8, 4) is 22.6 Å². The SMILES string of the molecule is COc1cc(-c2ccc(NC(=O)[C@@]34CC[C@@](C)([C@H](O)C3)C4(C)C)c(OC)c2)ccc1NC(=O)[C@@]12CC[C@@](C)([C@H](O)C1)C2(C)C. The van der Waals surface area contributed by atoms with Crippen LogP contribution in [-0.2, 0) is 9.59 Å². The number of methoxy groups -OCH3 is 2. The van der Waals surface area contributed by atoms with Gasteiger partial charge in [0.15, 0.2) is 0 Å². The molecule has 0 aliphatic heterocycles. The third-order valence-corrected chi connectivity index (χ3v) is 14.0. The number of amides is 2. The van der Waals surface area contributed by atoms with Crippen molar-refractivity contribution in [3.05, 3.63) is 36.4 Å². The molecule has 4 aliphatic rings. The molecule has 0 spiro atoms. The maximum absolute atomic E-state index is 13.8. The van der Waals surface area contributed by atoms with Crippen LogP contribution in [0.5, 0.6) is 11.5 Å². The lowest BCUT2D eigenvalue weighted by Crippen LogP contribution is -2.43. The molecule has 0 aromatic heterocycles. The minimum Gasteiger partial charge on any atom is -0.495 e. The minimum atomic E-state index is -0.638. The van der Waals surface area contributed by atoms with Crippen LogP contribution in [0.4, 0.5) is 11.4 Å². The summed E-state index contributed by atoms with van der Waals surface area (Å²) < 4.78 is 11.4. The molecule has 44 heavy (non-hydrogen) atoms. The van der Waals surface area contributed by atoms with Crippen LogP contribution in [0.2, 0.25) is 0 Å². The zero-order chi connectivity index (χ0) is 32.1. The normalized spacial score (nSPS) is 35.9. The molecule has 0 heterocycles. The van der Waals surface area contributed by atoms with Gasteiger partial charge in [0, 0.05) is 0 Å². The molecule has 0 saturated heterocycles. The van der Waals surface area contributed by atoms with Gasteiger partial charge in [-0.2, -0.15) is 0 Å². The van der Waals surface area contributed by atoms with E-state index in [1.807, 2.05) is 36.4 Å². The first-order valence-electron chi connectivity index (χ1n) is 15.9. The molecule has 6 atom stereocenters. The van der Waals surface area contributed by atoms with Crippen molar-refractivity contribution in [2.45, 2.75) is 92.3 Å². The van der Waals surface area contributed by atoms with Gasteiger partial charge in [-0.1, -0.05) is 53.7 Å². The molecule has 4 saturated carbocycles. The topological polar surface area (TPSA) is 117 Å². The summed E-state index contributed by atoms with van der Waals surface area (Å²) in [6, 6.07) is 11.3. The molecule has 238 valence electrons. The van der Waals surface area contributed by atoms with Gasteiger partial charge in [0.1, 0.15) is 11.5 Å². The third kappa shape index (κ3) is 3.70. The van der Waals surface area contributed by atoms with Gasteiger partial charge in [-0.05, 0) is 95.6 Å². The number of aliphatic hydroxyl groups is 2. The highest BCUT2D eigenvalue weighted by molar-refractivity contribution is 5.99. The Labute approximate surface area is 260 Å². The number of carbonyl (C=O) groups is 2. The number of anilines is 2. The van der Waals surface area contributed by atoms with E-state index in [1.54, 1.807) is 14.2 Å². The zero-order valence-electron chi connectivity index (χ0n) is 27.4. The van der Waals surface area contributed by atoms with Crippen LogP contribution >= 0.6 is 0 Å². The van der Waals surface area contributed by atoms with Crippen LogP contribution in [0.15, 0.2) is 36.4 Å². The first kappa shape index (κ1) is 30.9. The summed E-state index contributed by atoms with van der Waals surface area (Å²) in [5.41, 5.74) is 0.381. The molecule has 8 heteroatoms. The Morgan fingerprint density at radius 3 is 1.30 bits per heavy atom. The number of fused-ring (bicyclic) bond motifs is 4. The number of nitrogens with one attached hydrogen (secondary N) is 2. The molecule has 2 aromatic rings. The molecule has 4 N–H and O–H groups in total. The molecule has 2 aromatic carbocycles. The van der Waals surface area contributed by atoms with Crippen molar-refractivity contribution in [1.29, 1.82) is 0 Å². The first-order valence-corrected chi connectivity index (χ1v) is 15.9. The minimum absolute atomic E-state index is 0.0735. The Kier molecular flexibility index (Phi) is 6.81. The fourth-order valence-corrected chi connectivity index (χ4v) is 9.69. The van der Waals surface area contributed by atoms with E-state index in [0.29, 0.717) is 35.7 Å². The van der Waals surface area contributed by atoms with Gasteiger partial charge >= 0.3 is 0 Å². The maximum atomic E-state index is 13.8. The highest BCUT2D eigenvalue weighted by Gasteiger charge is 2.73. The number of ether oxygens (including phenoxy) is 2. The molecular formula is C36H48N2O6. The highest BCUT2D eigenvalue weighted by atomic mass is 16.5. The Balaban J connectivity index is 1.23. The number of hydrogen-bond acceptors (Lipinski definition) is 6. The van der Waals surface area contributed by atoms with Gasteiger partial charge in [0.25, 0.3) is 0 Å². The van der Waals surface area contributed by atoms with Crippen LogP contribution in [0, 0.1) is 32.5 Å². The predicted octanol–water partition coefficient (Wildman–Crippen LogP) is 6.40.